The molecule has 0 fully saturated rings. The second-order valence-electron chi connectivity index (χ2n) is 4.67. The number of anilines is 1. The lowest BCUT2D eigenvalue weighted by molar-refractivity contribution is 0.452. The fourth-order valence-electron chi connectivity index (χ4n) is 2.06. The van der Waals surface area contributed by atoms with E-state index in [1.54, 1.807) is 6.33 Å². The van der Waals surface area contributed by atoms with Gasteiger partial charge >= 0.3 is 0 Å². The highest BCUT2D eigenvalue weighted by Crippen LogP contribution is 2.25. The molecule has 17 heavy (non-hydrogen) atoms. The Bertz CT molecular complexity index is 491. The molecule has 0 aromatic carbocycles. The number of aromatic amines is 1. The molecular weight excluding hydrogens is 212 g/mol. The van der Waals surface area contributed by atoms with Crippen LogP contribution in [0.25, 0.3) is 11.0 Å². The first kappa shape index (κ1) is 11.9. The number of rotatable bonds is 4. The molecule has 0 amide bonds. The van der Waals surface area contributed by atoms with Gasteiger partial charge in [-0.2, -0.15) is 0 Å². The summed E-state index contributed by atoms with van der Waals surface area (Å²) in [5.74, 6) is 1.65. The highest BCUT2D eigenvalue weighted by molar-refractivity contribution is 5.87. The standard InChI is InChI=1S/C13H20N4/c1-5-9(2)10(3)17(4)13-11-6-7-14-12(11)15-8-16-13/h6-10H,5H2,1-4H3,(H,14,15,16)/t9-,10+/m1/s1. The molecule has 0 saturated heterocycles. The van der Waals surface area contributed by atoms with Crippen LogP contribution < -0.4 is 4.90 Å². The predicted molar refractivity (Wildman–Crippen MR) is 71.2 cm³/mol. The fourth-order valence-corrected chi connectivity index (χ4v) is 2.06. The van der Waals surface area contributed by atoms with Crippen molar-refractivity contribution in [1.29, 1.82) is 0 Å². The zero-order chi connectivity index (χ0) is 12.4. The molecule has 2 aromatic rings. The van der Waals surface area contributed by atoms with Crippen LogP contribution >= 0.6 is 0 Å². The maximum absolute atomic E-state index is 4.41. The molecular formula is C13H20N4. The molecule has 92 valence electrons. The van der Waals surface area contributed by atoms with E-state index in [0.717, 1.165) is 16.9 Å². The van der Waals surface area contributed by atoms with Crippen LogP contribution in [0.4, 0.5) is 5.82 Å². The molecule has 0 saturated carbocycles. The molecule has 1 N–H and O–H groups in total. The maximum atomic E-state index is 4.41. The molecule has 2 rings (SSSR count). The number of nitrogens with zero attached hydrogens (tertiary/aromatic N) is 3. The third kappa shape index (κ3) is 2.12. The number of aromatic nitrogens is 3. The maximum Gasteiger partial charge on any atom is 0.142 e. The third-order valence-electron chi connectivity index (χ3n) is 3.75. The van der Waals surface area contributed by atoms with E-state index in [2.05, 4.69) is 47.7 Å². The summed E-state index contributed by atoms with van der Waals surface area (Å²) < 4.78 is 0. The Labute approximate surface area is 102 Å². The van der Waals surface area contributed by atoms with E-state index >= 15 is 0 Å². The van der Waals surface area contributed by atoms with Crippen LogP contribution in [0.2, 0.25) is 0 Å². The highest BCUT2D eigenvalue weighted by Gasteiger charge is 2.18. The Balaban J connectivity index is 2.36. The normalized spacial score (nSPS) is 14.8. The third-order valence-corrected chi connectivity index (χ3v) is 3.75. The van der Waals surface area contributed by atoms with Crippen molar-refractivity contribution in [2.75, 3.05) is 11.9 Å². The summed E-state index contributed by atoms with van der Waals surface area (Å²) in [7, 11) is 2.10. The molecule has 0 unspecified atom stereocenters. The zero-order valence-electron chi connectivity index (χ0n) is 10.9. The van der Waals surface area contributed by atoms with Crippen LogP contribution in [0.15, 0.2) is 18.6 Å². The van der Waals surface area contributed by atoms with Crippen molar-refractivity contribution >= 4 is 16.9 Å². The number of H-pyrrole nitrogens is 1. The number of hydrogen-bond acceptors (Lipinski definition) is 3. The lowest BCUT2D eigenvalue weighted by Crippen LogP contribution is -2.34. The van der Waals surface area contributed by atoms with Crippen LogP contribution in [-0.4, -0.2) is 28.0 Å². The largest absolute Gasteiger partial charge is 0.356 e. The van der Waals surface area contributed by atoms with Crippen LogP contribution in [-0.2, 0) is 0 Å². The summed E-state index contributed by atoms with van der Waals surface area (Å²) in [5.41, 5.74) is 0.901. The lowest BCUT2D eigenvalue weighted by atomic mass is 9.99. The summed E-state index contributed by atoms with van der Waals surface area (Å²) in [5, 5.41) is 1.09. The van der Waals surface area contributed by atoms with E-state index in [9.17, 15) is 0 Å². The molecule has 4 nitrogen and oxygen atoms in total. The van der Waals surface area contributed by atoms with E-state index in [1.165, 1.54) is 6.42 Å². The quantitative estimate of drug-likeness (QED) is 0.881. The Kier molecular flexibility index (Phi) is 3.31. The van der Waals surface area contributed by atoms with E-state index in [-0.39, 0.29) is 0 Å². The second kappa shape index (κ2) is 4.73. The van der Waals surface area contributed by atoms with Gasteiger partial charge in [0.1, 0.15) is 17.8 Å². The minimum Gasteiger partial charge on any atom is -0.356 e. The topological polar surface area (TPSA) is 44.8 Å². The molecule has 2 aromatic heterocycles. The summed E-state index contributed by atoms with van der Waals surface area (Å²) in [4.78, 5) is 14.0. The van der Waals surface area contributed by atoms with Crippen LogP contribution in [0.5, 0.6) is 0 Å². The summed E-state index contributed by atoms with van der Waals surface area (Å²) >= 11 is 0. The average molecular weight is 232 g/mol. The highest BCUT2D eigenvalue weighted by atomic mass is 15.2. The molecule has 0 aliphatic rings. The SMILES string of the molecule is CC[C@@H](C)[C@H](C)N(C)c1ncnc2[nH]ccc12. The van der Waals surface area contributed by atoms with Crippen molar-refractivity contribution in [3.05, 3.63) is 18.6 Å². The molecule has 0 spiro atoms. The van der Waals surface area contributed by atoms with E-state index in [0.29, 0.717) is 12.0 Å². The first-order chi connectivity index (χ1) is 8.15. The average Bonchev–Trinajstić information content (AvgIpc) is 2.83. The van der Waals surface area contributed by atoms with Gasteiger partial charge in [-0.1, -0.05) is 20.3 Å². The minimum atomic E-state index is 0.466. The van der Waals surface area contributed by atoms with Gasteiger partial charge in [-0.25, -0.2) is 9.97 Å². The van der Waals surface area contributed by atoms with E-state index in [4.69, 9.17) is 0 Å². The molecule has 0 aliphatic carbocycles. The Morgan fingerprint density at radius 1 is 1.35 bits per heavy atom. The van der Waals surface area contributed by atoms with Gasteiger partial charge in [-0.3, -0.25) is 0 Å². The van der Waals surface area contributed by atoms with Gasteiger partial charge < -0.3 is 9.88 Å². The van der Waals surface area contributed by atoms with Gasteiger partial charge in [0.25, 0.3) is 0 Å². The smallest absolute Gasteiger partial charge is 0.142 e. The molecule has 2 heterocycles. The van der Waals surface area contributed by atoms with Gasteiger partial charge in [0.15, 0.2) is 0 Å². The summed E-state index contributed by atoms with van der Waals surface area (Å²) in [6.07, 6.45) is 4.70. The lowest BCUT2D eigenvalue weighted by Gasteiger charge is -2.30. The molecule has 0 radical (unpaired) electrons. The van der Waals surface area contributed by atoms with Gasteiger partial charge in [0.05, 0.1) is 5.39 Å². The number of nitrogens with one attached hydrogen (secondary N) is 1. The molecule has 2 atom stereocenters. The molecule has 4 heteroatoms. The summed E-state index contributed by atoms with van der Waals surface area (Å²) in [6.45, 7) is 6.74. The van der Waals surface area contributed by atoms with Crippen molar-refractivity contribution in [1.82, 2.24) is 15.0 Å². The monoisotopic (exact) mass is 232 g/mol. The van der Waals surface area contributed by atoms with Crippen molar-refractivity contribution in [2.24, 2.45) is 5.92 Å². The van der Waals surface area contributed by atoms with Gasteiger partial charge in [-0.15, -0.1) is 0 Å². The first-order valence-corrected chi connectivity index (χ1v) is 6.16. The van der Waals surface area contributed by atoms with Crippen molar-refractivity contribution in [3.63, 3.8) is 0 Å². The van der Waals surface area contributed by atoms with Crippen LogP contribution in [0.3, 0.4) is 0 Å². The van der Waals surface area contributed by atoms with Gasteiger partial charge in [-0.05, 0) is 18.9 Å². The fraction of sp³-hybridized carbons (Fsp3) is 0.538. The Hall–Kier alpha value is -1.58. The van der Waals surface area contributed by atoms with E-state index in [1.807, 2.05) is 12.3 Å². The van der Waals surface area contributed by atoms with Crippen LogP contribution in [0, 0.1) is 5.92 Å². The van der Waals surface area contributed by atoms with Crippen LogP contribution in [0.1, 0.15) is 27.2 Å². The number of fused-ring (bicyclic) bond motifs is 1. The molecule has 0 bridgehead atoms. The zero-order valence-corrected chi connectivity index (χ0v) is 10.9. The van der Waals surface area contributed by atoms with Crippen molar-refractivity contribution in [3.8, 4) is 0 Å². The van der Waals surface area contributed by atoms with Crippen molar-refractivity contribution in [2.45, 2.75) is 33.2 Å². The summed E-state index contributed by atoms with van der Waals surface area (Å²) in [6, 6.07) is 2.50. The van der Waals surface area contributed by atoms with Crippen molar-refractivity contribution < 1.29 is 0 Å². The van der Waals surface area contributed by atoms with Gasteiger partial charge in [0.2, 0.25) is 0 Å². The minimum absolute atomic E-state index is 0.466. The number of hydrogen-bond donors (Lipinski definition) is 1. The predicted octanol–water partition coefficient (Wildman–Crippen LogP) is 2.83. The first-order valence-electron chi connectivity index (χ1n) is 6.16. The Morgan fingerprint density at radius 3 is 2.82 bits per heavy atom. The Morgan fingerprint density at radius 2 is 2.12 bits per heavy atom. The van der Waals surface area contributed by atoms with E-state index < -0.39 is 0 Å². The second-order valence-corrected chi connectivity index (χ2v) is 4.67. The van der Waals surface area contributed by atoms with Gasteiger partial charge in [0, 0.05) is 19.3 Å². The molecule has 0 aliphatic heterocycles.